The van der Waals surface area contributed by atoms with Crippen LogP contribution in [0.25, 0.3) is 0 Å². The average molecular weight is 381 g/mol. The van der Waals surface area contributed by atoms with Crippen LogP contribution in [0.5, 0.6) is 0 Å². The first-order chi connectivity index (χ1) is 12.2. The number of amides is 1. The van der Waals surface area contributed by atoms with Crippen molar-refractivity contribution in [3.63, 3.8) is 0 Å². The summed E-state index contributed by atoms with van der Waals surface area (Å²) in [6.07, 6.45) is 5.56. The molecule has 9 heteroatoms. The summed E-state index contributed by atoms with van der Waals surface area (Å²) >= 11 is 5.54. The molecule has 0 unspecified atom stereocenters. The standard InChI is InChI=1S/C17H26BClN4O3/c1-16(2)17(3,4)26-18(25-16)12-9-21-15(22-10-12)23-7-5-6-13(23)11-20-14(24)8-19/h9-10,13H,5-8,11H2,1-4H3,(H,20,24)/t13-/m1/s1. The van der Waals surface area contributed by atoms with E-state index in [9.17, 15) is 4.79 Å². The van der Waals surface area contributed by atoms with Gasteiger partial charge in [-0.3, -0.25) is 4.79 Å². The zero-order valence-electron chi connectivity index (χ0n) is 15.8. The first-order valence-electron chi connectivity index (χ1n) is 9.00. The maximum Gasteiger partial charge on any atom is 0.498 e. The fourth-order valence-corrected chi connectivity index (χ4v) is 3.26. The van der Waals surface area contributed by atoms with Crippen molar-refractivity contribution in [2.24, 2.45) is 0 Å². The molecule has 2 saturated heterocycles. The number of nitrogens with one attached hydrogen (secondary N) is 1. The van der Waals surface area contributed by atoms with Gasteiger partial charge < -0.3 is 19.5 Å². The molecule has 0 spiro atoms. The molecule has 1 atom stereocenters. The lowest BCUT2D eigenvalue weighted by molar-refractivity contribution is -0.118. The summed E-state index contributed by atoms with van der Waals surface area (Å²) in [5.74, 6) is 0.481. The first kappa shape index (κ1) is 19.4. The smallest absolute Gasteiger partial charge is 0.399 e. The van der Waals surface area contributed by atoms with Crippen LogP contribution in [0.15, 0.2) is 12.4 Å². The molecular weight excluding hydrogens is 354 g/mol. The summed E-state index contributed by atoms with van der Waals surface area (Å²) in [4.78, 5) is 22.5. The Hall–Kier alpha value is -1.38. The monoisotopic (exact) mass is 380 g/mol. The lowest BCUT2D eigenvalue weighted by Crippen LogP contribution is -2.42. The average Bonchev–Trinajstić information content (AvgIpc) is 3.15. The van der Waals surface area contributed by atoms with Gasteiger partial charge in [0.05, 0.1) is 11.2 Å². The summed E-state index contributed by atoms with van der Waals surface area (Å²) in [7, 11) is -0.466. The van der Waals surface area contributed by atoms with Crippen LogP contribution in [-0.4, -0.2) is 59.2 Å². The largest absolute Gasteiger partial charge is 0.498 e. The van der Waals surface area contributed by atoms with E-state index in [1.807, 2.05) is 27.7 Å². The minimum atomic E-state index is -0.466. The number of anilines is 1. The zero-order chi connectivity index (χ0) is 18.9. The van der Waals surface area contributed by atoms with Crippen LogP contribution in [0.3, 0.4) is 0 Å². The molecule has 3 rings (SSSR count). The third-order valence-electron chi connectivity index (χ3n) is 5.47. The number of aromatic nitrogens is 2. The summed E-state index contributed by atoms with van der Waals surface area (Å²) in [6, 6.07) is 0.185. The van der Waals surface area contributed by atoms with Gasteiger partial charge in [0.2, 0.25) is 11.9 Å². The number of carbonyl (C=O) groups is 1. The minimum Gasteiger partial charge on any atom is -0.399 e. The Bertz CT molecular complexity index is 640. The van der Waals surface area contributed by atoms with Crippen LogP contribution in [0.4, 0.5) is 5.95 Å². The highest BCUT2D eigenvalue weighted by Gasteiger charge is 2.52. The molecule has 0 radical (unpaired) electrons. The molecule has 142 valence electrons. The molecule has 2 aliphatic heterocycles. The Morgan fingerprint density at radius 1 is 1.31 bits per heavy atom. The van der Waals surface area contributed by atoms with Gasteiger partial charge in [0.15, 0.2) is 0 Å². The highest BCUT2D eigenvalue weighted by atomic mass is 35.5. The Morgan fingerprint density at radius 2 is 1.92 bits per heavy atom. The fraction of sp³-hybridized carbons (Fsp3) is 0.706. The Morgan fingerprint density at radius 3 is 2.50 bits per heavy atom. The Balaban J connectivity index is 1.67. The maximum absolute atomic E-state index is 11.4. The highest BCUT2D eigenvalue weighted by molar-refractivity contribution is 6.61. The molecule has 7 nitrogen and oxygen atoms in total. The van der Waals surface area contributed by atoms with Crippen LogP contribution in [0.1, 0.15) is 40.5 Å². The molecule has 1 aromatic rings. The molecule has 1 N–H and O–H groups in total. The van der Waals surface area contributed by atoms with Crippen LogP contribution in [-0.2, 0) is 14.1 Å². The number of alkyl halides is 1. The minimum absolute atomic E-state index is 0.0218. The van der Waals surface area contributed by atoms with Crippen LogP contribution >= 0.6 is 11.6 Å². The molecule has 1 aromatic heterocycles. The van der Waals surface area contributed by atoms with E-state index < -0.39 is 18.3 Å². The Kier molecular flexibility index (Phi) is 5.46. The van der Waals surface area contributed by atoms with Crippen LogP contribution < -0.4 is 15.7 Å². The van der Waals surface area contributed by atoms with Gasteiger partial charge in [-0.25, -0.2) is 9.97 Å². The number of hydrogen-bond donors (Lipinski definition) is 1. The van der Waals surface area contributed by atoms with Gasteiger partial charge in [0.1, 0.15) is 5.88 Å². The van der Waals surface area contributed by atoms with E-state index in [0.717, 1.165) is 24.8 Å². The number of halogens is 1. The topological polar surface area (TPSA) is 76.6 Å². The summed E-state index contributed by atoms with van der Waals surface area (Å²) in [5, 5.41) is 2.84. The lowest BCUT2D eigenvalue weighted by Gasteiger charge is -2.32. The van der Waals surface area contributed by atoms with Gasteiger partial charge in [0, 0.05) is 37.0 Å². The second-order valence-electron chi connectivity index (χ2n) is 7.83. The maximum atomic E-state index is 11.4. The molecule has 0 bridgehead atoms. The predicted molar refractivity (Wildman–Crippen MR) is 102 cm³/mol. The van der Waals surface area contributed by atoms with Gasteiger partial charge in [0.25, 0.3) is 0 Å². The van der Waals surface area contributed by atoms with Crippen molar-refractivity contribution in [3.05, 3.63) is 12.4 Å². The van der Waals surface area contributed by atoms with Crippen molar-refractivity contribution in [2.75, 3.05) is 23.9 Å². The third kappa shape index (κ3) is 3.82. The van der Waals surface area contributed by atoms with Crippen molar-refractivity contribution in [1.29, 1.82) is 0 Å². The predicted octanol–water partition coefficient (Wildman–Crippen LogP) is 1.10. The second-order valence-corrected chi connectivity index (χ2v) is 8.10. The van der Waals surface area contributed by atoms with E-state index in [4.69, 9.17) is 20.9 Å². The van der Waals surface area contributed by atoms with Crippen molar-refractivity contribution in [2.45, 2.75) is 57.8 Å². The van der Waals surface area contributed by atoms with Gasteiger partial charge in [-0.05, 0) is 40.5 Å². The zero-order valence-corrected chi connectivity index (χ0v) is 16.5. The second kappa shape index (κ2) is 7.33. The fourth-order valence-electron chi connectivity index (χ4n) is 3.17. The number of nitrogens with zero attached hydrogens (tertiary/aromatic N) is 3. The molecule has 2 aliphatic rings. The quantitative estimate of drug-likeness (QED) is 0.609. The van der Waals surface area contributed by atoms with Crippen molar-refractivity contribution >= 4 is 36.0 Å². The van der Waals surface area contributed by atoms with E-state index in [1.165, 1.54) is 0 Å². The lowest BCUT2D eigenvalue weighted by atomic mass is 9.81. The van der Waals surface area contributed by atoms with E-state index in [2.05, 4.69) is 20.2 Å². The van der Waals surface area contributed by atoms with Gasteiger partial charge >= 0.3 is 7.12 Å². The van der Waals surface area contributed by atoms with Gasteiger partial charge in [-0.2, -0.15) is 0 Å². The number of rotatable bonds is 5. The number of hydrogen-bond acceptors (Lipinski definition) is 6. The van der Waals surface area contributed by atoms with Crippen molar-refractivity contribution in [1.82, 2.24) is 15.3 Å². The molecule has 3 heterocycles. The van der Waals surface area contributed by atoms with E-state index in [0.29, 0.717) is 12.5 Å². The molecule has 0 aliphatic carbocycles. The summed E-state index contributed by atoms with van der Waals surface area (Å²) in [5.41, 5.74) is 0.0205. The molecule has 26 heavy (non-hydrogen) atoms. The van der Waals surface area contributed by atoms with Crippen molar-refractivity contribution in [3.8, 4) is 0 Å². The van der Waals surface area contributed by atoms with Crippen molar-refractivity contribution < 1.29 is 14.1 Å². The summed E-state index contributed by atoms with van der Waals surface area (Å²) in [6.45, 7) is 9.50. The molecule has 0 saturated carbocycles. The molecule has 0 aromatic carbocycles. The molecule has 2 fully saturated rings. The van der Waals surface area contributed by atoms with Crippen LogP contribution in [0.2, 0.25) is 0 Å². The molecular formula is C17H26BClN4O3. The molecule has 1 amide bonds. The van der Waals surface area contributed by atoms with Gasteiger partial charge in [-0.15, -0.1) is 11.6 Å². The van der Waals surface area contributed by atoms with E-state index >= 15 is 0 Å². The first-order valence-corrected chi connectivity index (χ1v) is 9.54. The van der Waals surface area contributed by atoms with E-state index in [-0.39, 0.29) is 17.8 Å². The highest BCUT2D eigenvalue weighted by Crippen LogP contribution is 2.36. The number of carbonyl (C=O) groups excluding carboxylic acids is 1. The van der Waals surface area contributed by atoms with Crippen LogP contribution in [0, 0.1) is 0 Å². The SMILES string of the molecule is CC1(C)OB(c2cnc(N3CCC[C@@H]3CNC(=O)CCl)nc2)OC1(C)C. The Labute approximate surface area is 159 Å². The summed E-state index contributed by atoms with van der Waals surface area (Å²) < 4.78 is 12.1. The normalized spacial score (nSPS) is 24.1. The van der Waals surface area contributed by atoms with E-state index in [1.54, 1.807) is 12.4 Å². The van der Waals surface area contributed by atoms with Gasteiger partial charge in [-0.1, -0.05) is 0 Å². The third-order valence-corrected chi connectivity index (χ3v) is 5.72.